The van der Waals surface area contributed by atoms with Gasteiger partial charge in [0, 0.05) is 21.5 Å². The number of carbonyl (C=O) groups is 1. The molecule has 1 saturated carbocycles. The topological polar surface area (TPSA) is 38.3 Å². The van der Waals surface area contributed by atoms with E-state index in [1.807, 2.05) is 60.7 Å². The Morgan fingerprint density at radius 2 is 1.70 bits per heavy atom. The zero-order valence-corrected chi connectivity index (χ0v) is 18.2. The van der Waals surface area contributed by atoms with Crippen molar-refractivity contribution in [1.29, 1.82) is 0 Å². The van der Waals surface area contributed by atoms with Crippen molar-refractivity contribution < 1.29 is 9.53 Å². The molecule has 156 valence electrons. The summed E-state index contributed by atoms with van der Waals surface area (Å²) < 4.78 is 5.99. The molecule has 0 bridgehead atoms. The Balaban J connectivity index is 1.67. The second-order valence-electron chi connectivity index (χ2n) is 8.08. The molecule has 1 amide bonds. The van der Waals surface area contributed by atoms with Crippen LogP contribution in [0.1, 0.15) is 51.0 Å². The number of halogens is 1. The molecule has 3 nitrogen and oxygen atoms in total. The van der Waals surface area contributed by atoms with Gasteiger partial charge in [0.15, 0.2) is 0 Å². The summed E-state index contributed by atoms with van der Waals surface area (Å²) in [5.74, 6) is 0.886. The smallest absolute Gasteiger partial charge is 0.235 e. The number of nitrogens with one attached hydrogen (secondary N) is 1. The Hall–Kier alpha value is -2.52. The Morgan fingerprint density at radius 1 is 1.00 bits per heavy atom. The number of benzene rings is 3. The SMILES string of the molecule is CCCCOc1ccc(NC(=O)C2(c3ccccc3Cl)CCCC2)c2ccccc12. The highest BCUT2D eigenvalue weighted by atomic mass is 35.5. The van der Waals surface area contributed by atoms with Gasteiger partial charge in [-0.3, -0.25) is 4.79 Å². The maximum Gasteiger partial charge on any atom is 0.235 e. The highest BCUT2D eigenvalue weighted by molar-refractivity contribution is 6.32. The Bertz CT molecular complexity index is 1040. The summed E-state index contributed by atoms with van der Waals surface area (Å²) in [5, 5.41) is 5.91. The van der Waals surface area contributed by atoms with Crippen molar-refractivity contribution in [2.75, 3.05) is 11.9 Å². The molecule has 3 aromatic carbocycles. The van der Waals surface area contributed by atoms with Crippen LogP contribution in [0.3, 0.4) is 0 Å². The van der Waals surface area contributed by atoms with Crippen LogP contribution in [-0.2, 0) is 10.2 Å². The average molecular weight is 422 g/mol. The van der Waals surface area contributed by atoms with Crippen molar-refractivity contribution >= 4 is 34.0 Å². The number of hydrogen-bond donors (Lipinski definition) is 1. The highest BCUT2D eigenvalue weighted by Crippen LogP contribution is 2.45. The molecular weight excluding hydrogens is 394 g/mol. The van der Waals surface area contributed by atoms with Crippen LogP contribution in [-0.4, -0.2) is 12.5 Å². The van der Waals surface area contributed by atoms with Crippen LogP contribution in [0, 0.1) is 0 Å². The van der Waals surface area contributed by atoms with Gasteiger partial charge in [-0.1, -0.05) is 80.3 Å². The van der Waals surface area contributed by atoms with Gasteiger partial charge in [0.1, 0.15) is 5.75 Å². The van der Waals surface area contributed by atoms with Crippen LogP contribution < -0.4 is 10.1 Å². The Labute approximate surface area is 183 Å². The molecule has 4 rings (SSSR count). The van der Waals surface area contributed by atoms with E-state index in [9.17, 15) is 4.79 Å². The third-order valence-electron chi connectivity index (χ3n) is 6.17. The summed E-state index contributed by atoms with van der Waals surface area (Å²) in [7, 11) is 0. The molecule has 0 spiro atoms. The van der Waals surface area contributed by atoms with E-state index in [0.717, 1.165) is 66.3 Å². The molecule has 0 atom stereocenters. The molecular formula is C26H28ClNO2. The zero-order chi connectivity index (χ0) is 21.0. The van der Waals surface area contributed by atoms with Gasteiger partial charge >= 0.3 is 0 Å². The first kappa shape index (κ1) is 20.7. The second kappa shape index (κ2) is 9.09. The van der Waals surface area contributed by atoms with E-state index < -0.39 is 5.41 Å². The predicted molar refractivity (Wildman–Crippen MR) is 125 cm³/mol. The van der Waals surface area contributed by atoms with Gasteiger partial charge < -0.3 is 10.1 Å². The van der Waals surface area contributed by atoms with Gasteiger partial charge in [-0.05, 0) is 43.0 Å². The van der Waals surface area contributed by atoms with Gasteiger partial charge in [-0.25, -0.2) is 0 Å². The number of amides is 1. The van der Waals surface area contributed by atoms with E-state index in [-0.39, 0.29) is 5.91 Å². The van der Waals surface area contributed by atoms with Crippen LogP contribution in [0.4, 0.5) is 5.69 Å². The molecule has 30 heavy (non-hydrogen) atoms. The lowest BCUT2D eigenvalue weighted by Crippen LogP contribution is -2.38. The minimum absolute atomic E-state index is 0.0258. The normalized spacial score (nSPS) is 15.3. The summed E-state index contributed by atoms with van der Waals surface area (Å²) in [5.41, 5.74) is 1.18. The summed E-state index contributed by atoms with van der Waals surface area (Å²) in [6.07, 6.45) is 5.81. The molecule has 0 aliphatic heterocycles. The van der Waals surface area contributed by atoms with Crippen LogP contribution in [0.15, 0.2) is 60.7 Å². The molecule has 0 radical (unpaired) electrons. The summed E-state index contributed by atoms with van der Waals surface area (Å²) in [4.78, 5) is 13.6. The van der Waals surface area contributed by atoms with Crippen molar-refractivity contribution in [2.45, 2.75) is 50.9 Å². The van der Waals surface area contributed by atoms with Gasteiger partial charge in [-0.15, -0.1) is 0 Å². The van der Waals surface area contributed by atoms with E-state index in [4.69, 9.17) is 16.3 Å². The molecule has 1 N–H and O–H groups in total. The van der Waals surface area contributed by atoms with Crippen molar-refractivity contribution in [3.05, 3.63) is 71.2 Å². The number of ether oxygens (including phenoxy) is 1. The van der Waals surface area contributed by atoms with Crippen molar-refractivity contribution in [3.8, 4) is 5.75 Å². The number of rotatable bonds is 7. The summed E-state index contributed by atoms with van der Waals surface area (Å²) >= 11 is 6.52. The first-order chi connectivity index (χ1) is 14.7. The number of fused-ring (bicyclic) bond motifs is 1. The molecule has 1 aliphatic carbocycles. The number of unbranched alkanes of at least 4 members (excludes halogenated alkanes) is 1. The van der Waals surface area contributed by atoms with E-state index in [2.05, 4.69) is 12.2 Å². The predicted octanol–water partition coefficient (Wildman–Crippen LogP) is 7.12. The van der Waals surface area contributed by atoms with Crippen LogP contribution >= 0.6 is 11.6 Å². The van der Waals surface area contributed by atoms with E-state index in [1.165, 1.54) is 0 Å². The maximum absolute atomic E-state index is 13.6. The Kier molecular flexibility index (Phi) is 6.29. The summed E-state index contributed by atoms with van der Waals surface area (Å²) in [6, 6.07) is 19.7. The van der Waals surface area contributed by atoms with Gasteiger partial charge in [0.05, 0.1) is 12.0 Å². The van der Waals surface area contributed by atoms with Crippen LogP contribution in [0.2, 0.25) is 5.02 Å². The lowest BCUT2D eigenvalue weighted by Gasteiger charge is -2.29. The average Bonchev–Trinajstić information content (AvgIpc) is 3.27. The molecule has 3 aromatic rings. The first-order valence-corrected chi connectivity index (χ1v) is 11.2. The number of anilines is 1. The molecule has 1 aliphatic rings. The third kappa shape index (κ3) is 3.91. The van der Waals surface area contributed by atoms with E-state index >= 15 is 0 Å². The zero-order valence-electron chi connectivity index (χ0n) is 17.4. The monoisotopic (exact) mass is 421 g/mol. The summed E-state index contributed by atoms with van der Waals surface area (Å²) in [6.45, 7) is 2.85. The highest BCUT2D eigenvalue weighted by Gasteiger charge is 2.44. The molecule has 0 heterocycles. The minimum Gasteiger partial charge on any atom is -0.493 e. The second-order valence-corrected chi connectivity index (χ2v) is 8.49. The lowest BCUT2D eigenvalue weighted by atomic mass is 9.77. The van der Waals surface area contributed by atoms with Crippen molar-refractivity contribution in [2.24, 2.45) is 0 Å². The number of hydrogen-bond acceptors (Lipinski definition) is 2. The fourth-order valence-corrected chi connectivity index (χ4v) is 4.84. The van der Waals surface area contributed by atoms with E-state index in [0.29, 0.717) is 11.6 Å². The Morgan fingerprint density at radius 3 is 2.43 bits per heavy atom. The standard InChI is InChI=1S/C26H28ClNO2/c1-2-3-18-30-24-15-14-23(19-10-4-5-11-20(19)24)28-25(29)26(16-8-9-17-26)21-12-6-7-13-22(21)27/h4-7,10-15H,2-3,8-9,16-18H2,1H3,(H,28,29). The quantitative estimate of drug-likeness (QED) is 0.412. The largest absolute Gasteiger partial charge is 0.493 e. The molecule has 4 heteroatoms. The van der Waals surface area contributed by atoms with Crippen molar-refractivity contribution in [1.82, 2.24) is 0 Å². The number of carbonyl (C=O) groups excluding carboxylic acids is 1. The third-order valence-corrected chi connectivity index (χ3v) is 6.50. The molecule has 1 fully saturated rings. The fourth-order valence-electron chi connectivity index (χ4n) is 4.52. The van der Waals surface area contributed by atoms with E-state index in [1.54, 1.807) is 0 Å². The lowest BCUT2D eigenvalue weighted by molar-refractivity contribution is -0.121. The van der Waals surface area contributed by atoms with Gasteiger partial charge in [-0.2, -0.15) is 0 Å². The van der Waals surface area contributed by atoms with Crippen molar-refractivity contribution in [3.63, 3.8) is 0 Å². The minimum atomic E-state index is -0.574. The van der Waals surface area contributed by atoms with Crippen LogP contribution in [0.5, 0.6) is 5.75 Å². The molecule has 0 aromatic heterocycles. The maximum atomic E-state index is 13.6. The molecule has 0 saturated heterocycles. The fraction of sp³-hybridized carbons (Fsp3) is 0.346. The first-order valence-electron chi connectivity index (χ1n) is 10.9. The van der Waals surface area contributed by atoms with Crippen LogP contribution in [0.25, 0.3) is 10.8 Å². The molecule has 0 unspecified atom stereocenters. The van der Waals surface area contributed by atoms with Gasteiger partial charge in [0.2, 0.25) is 5.91 Å². The van der Waals surface area contributed by atoms with Gasteiger partial charge in [0.25, 0.3) is 0 Å².